The molecule has 0 aromatic heterocycles. The van der Waals surface area contributed by atoms with E-state index in [9.17, 15) is 14.0 Å². The van der Waals surface area contributed by atoms with E-state index in [0.29, 0.717) is 18.8 Å². The molecule has 0 aliphatic carbocycles. The number of carbonyl (C=O) groups excluding carboxylic acids is 2. The van der Waals surface area contributed by atoms with Gasteiger partial charge in [-0.15, -0.1) is 11.8 Å². The van der Waals surface area contributed by atoms with Gasteiger partial charge in [-0.1, -0.05) is 12.1 Å². The van der Waals surface area contributed by atoms with E-state index in [2.05, 4.69) is 5.32 Å². The summed E-state index contributed by atoms with van der Waals surface area (Å²) in [6, 6.07) is 13.2. The molecule has 1 saturated heterocycles. The third-order valence-electron chi connectivity index (χ3n) is 5.21. The van der Waals surface area contributed by atoms with Crippen LogP contribution in [0.3, 0.4) is 0 Å². The minimum absolute atomic E-state index is 0.0310. The maximum atomic E-state index is 13.2. The summed E-state index contributed by atoms with van der Waals surface area (Å²) in [6.07, 6.45) is 1.96. The number of benzene rings is 2. The number of hydrogen-bond acceptors (Lipinski definition) is 5. The zero-order valence-corrected chi connectivity index (χ0v) is 19.2. The Morgan fingerprint density at radius 1 is 1.28 bits per heavy atom. The summed E-state index contributed by atoms with van der Waals surface area (Å²) in [7, 11) is 1.62. The first-order chi connectivity index (χ1) is 15.4. The van der Waals surface area contributed by atoms with Crippen LogP contribution in [-0.4, -0.2) is 54.1 Å². The van der Waals surface area contributed by atoms with Crippen LogP contribution in [-0.2, 0) is 20.9 Å². The number of nitrogens with one attached hydrogen (secondary N) is 1. The zero-order valence-electron chi connectivity index (χ0n) is 18.4. The van der Waals surface area contributed by atoms with Gasteiger partial charge in [-0.25, -0.2) is 4.39 Å². The second-order valence-electron chi connectivity index (χ2n) is 7.71. The molecule has 0 saturated carbocycles. The molecule has 1 N–H and O–H groups in total. The molecule has 0 radical (unpaired) electrons. The van der Waals surface area contributed by atoms with E-state index < -0.39 is 5.25 Å². The Balaban J connectivity index is 1.59. The van der Waals surface area contributed by atoms with E-state index in [4.69, 9.17) is 9.47 Å². The van der Waals surface area contributed by atoms with Crippen LogP contribution in [0.15, 0.2) is 48.5 Å². The lowest BCUT2D eigenvalue weighted by Gasteiger charge is -2.28. The van der Waals surface area contributed by atoms with Crippen LogP contribution in [0.4, 0.5) is 10.1 Å². The predicted molar refractivity (Wildman–Crippen MR) is 124 cm³/mol. The van der Waals surface area contributed by atoms with Gasteiger partial charge in [0.25, 0.3) is 0 Å². The Labute approximate surface area is 192 Å². The van der Waals surface area contributed by atoms with E-state index in [1.165, 1.54) is 36.0 Å². The van der Waals surface area contributed by atoms with Gasteiger partial charge in [-0.05, 0) is 61.7 Å². The van der Waals surface area contributed by atoms with Crippen molar-refractivity contribution in [1.82, 2.24) is 4.90 Å². The van der Waals surface area contributed by atoms with E-state index >= 15 is 0 Å². The van der Waals surface area contributed by atoms with Crippen molar-refractivity contribution in [3.63, 3.8) is 0 Å². The Hall–Kier alpha value is -2.58. The molecule has 1 heterocycles. The van der Waals surface area contributed by atoms with Gasteiger partial charge in [0, 0.05) is 25.4 Å². The molecule has 172 valence electrons. The number of anilines is 1. The topological polar surface area (TPSA) is 67.9 Å². The van der Waals surface area contributed by atoms with Gasteiger partial charge in [0.15, 0.2) is 0 Å². The summed E-state index contributed by atoms with van der Waals surface area (Å²) in [4.78, 5) is 27.3. The van der Waals surface area contributed by atoms with Gasteiger partial charge in [0.1, 0.15) is 11.6 Å². The first-order valence-corrected chi connectivity index (χ1v) is 11.7. The summed E-state index contributed by atoms with van der Waals surface area (Å²) < 4.78 is 24.1. The van der Waals surface area contributed by atoms with Gasteiger partial charge >= 0.3 is 0 Å². The van der Waals surface area contributed by atoms with Crippen molar-refractivity contribution in [2.24, 2.45) is 0 Å². The van der Waals surface area contributed by atoms with Crippen molar-refractivity contribution in [1.29, 1.82) is 0 Å². The Bertz CT molecular complexity index is 903. The van der Waals surface area contributed by atoms with Crippen molar-refractivity contribution >= 4 is 29.3 Å². The van der Waals surface area contributed by atoms with Gasteiger partial charge < -0.3 is 19.7 Å². The molecule has 0 bridgehead atoms. The fraction of sp³-hybridized carbons (Fsp3) is 0.417. The molecule has 2 atom stereocenters. The number of rotatable bonds is 10. The van der Waals surface area contributed by atoms with Crippen molar-refractivity contribution in [2.75, 3.05) is 31.3 Å². The first kappa shape index (κ1) is 24.1. The third kappa shape index (κ3) is 7.24. The number of ether oxygens (including phenoxy) is 2. The van der Waals surface area contributed by atoms with Crippen LogP contribution in [0.25, 0.3) is 0 Å². The molecule has 1 aliphatic rings. The normalized spacial score (nSPS) is 16.4. The summed E-state index contributed by atoms with van der Waals surface area (Å²) in [5.41, 5.74) is 1.50. The van der Waals surface area contributed by atoms with Crippen LogP contribution >= 0.6 is 11.8 Å². The van der Waals surface area contributed by atoms with E-state index in [1.807, 2.05) is 31.2 Å². The number of methoxy groups -OCH3 is 1. The van der Waals surface area contributed by atoms with Crippen molar-refractivity contribution < 1.29 is 23.5 Å². The molecule has 2 aromatic carbocycles. The lowest BCUT2D eigenvalue weighted by molar-refractivity contribution is -0.132. The average molecular weight is 461 g/mol. The number of carbonyl (C=O) groups is 2. The molecule has 0 spiro atoms. The van der Waals surface area contributed by atoms with Crippen LogP contribution in [0.1, 0.15) is 25.3 Å². The lowest BCUT2D eigenvalue weighted by atomic mass is 10.1. The molecule has 1 aliphatic heterocycles. The van der Waals surface area contributed by atoms with Gasteiger partial charge in [0.2, 0.25) is 11.8 Å². The predicted octanol–water partition coefficient (Wildman–Crippen LogP) is 4.10. The fourth-order valence-corrected chi connectivity index (χ4v) is 4.28. The highest BCUT2D eigenvalue weighted by atomic mass is 32.2. The molecule has 8 heteroatoms. The van der Waals surface area contributed by atoms with Gasteiger partial charge in [-0.2, -0.15) is 0 Å². The largest absolute Gasteiger partial charge is 0.497 e. The highest BCUT2D eigenvalue weighted by Gasteiger charge is 2.26. The van der Waals surface area contributed by atoms with Gasteiger partial charge in [0.05, 0.1) is 24.2 Å². The monoisotopic (exact) mass is 460 g/mol. The molecule has 32 heavy (non-hydrogen) atoms. The number of hydrogen-bond donors (Lipinski definition) is 1. The molecular formula is C24H29FN2O4S. The van der Waals surface area contributed by atoms with Crippen molar-refractivity contribution in [2.45, 2.75) is 37.7 Å². The Morgan fingerprint density at radius 3 is 2.75 bits per heavy atom. The highest BCUT2D eigenvalue weighted by Crippen LogP contribution is 2.21. The fourth-order valence-electron chi connectivity index (χ4n) is 3.52. The number of halogens is 1. The van der Waals surface area contributed by atoms with Crippen LogP contribution in [0.2, 0.25) is 0 Å². The maximum absolute atomic E-state index is 13.2. The van der Waals surface area contributed by atoms with E-state index in [0.717, 1.165) is 30.8 Å². The molecule has 2 amide bonds. The summed E-state index contributed by atoms with van der Waals surface area (Å²) in [5, 5.41) is 2.32. The standard InChI is InChI=1S/C24H29FN2O4S/c1-17(32-16-23(28)26-20-10-8-19(25)9-11-20)24(29)27(15-22-7-4-12-31-22)14-18-5-3-6-21(13-18)30-2/h3,5-6,8-11,13,17,22H,4,7,12,14-16H2,1-2H3,(H,26,28). The quantitative estimate of drug-likeness (QED) is 0.578. The van der Waals surface area contributed by atoms with E-state index in [-0.39, 0.29) is 29.5 Å². The molecule has 2 aromatic rings. The lowest BCUT2D eigenvalue weighted by Crippen LogP contribution is -2.41. The van der Waals surface area contributed by atoms with Crippen LogP contribution < -0.4 is 10.1 Å². The number of nitrogens with zero attached hydrogens (tertiary/aromatic N) is 1. The third-order valence-corrected chi connectivity index (χ3v) is 6.34. The second kappa shape index (κ2) is 11.9. The molecule has 2 unspecified atom stereocenters. The minimum atomic E-state index is -0.402. The number of thioether (sulfide) groups is 1. The second-order valence-corrected chi connectivity index (χ2v) is 9.04. The van der Waals surface area contributed by atoms with E-state index in [1.54, 1.807) is 12.0 Å². The zero-order chi connectivity index (χ0) is 22.9. The summed E-state index contributed by atoms with van der Waals surface area (Å²) >= 11 is 1.28. The van der Waals surface area contributed by atoms with Crippen molar-refractivity contribution in [3.05, 3.63) is 59.9 Å². The Morgan fingerprint density at radius 2 is 2.06 bits per heavy atom. The number of amides is 2. The first-order valence-electron chi connectivity index (χ1n) is 10.6. The molecule has 1 fully saturated rings. The maximum Gasteiger partial charge on any atom is 0.235 e. The highest BCUT2D eigenvalue weighted by molar-refractivity contribution is 8.01. The van der Waals surface area contributed by atoms with Gasteiger partial charge in [-0.3, -0.25) is 9.59 Å². The summed E-state index contributed by atoms with van der Waals surface area (Å²) in [5.74, 6) is 0.227. The smallest absolute Gasteiger partial charge is 0.235 e. The average Bonchev–Trinajstić information content (AvgIpc) is 3.31. The minimum Gasteiger partial charge on any atom is -0.497 e. The van der Waals surface area contributed by atoms with Crippen LogP contribution in [0, 0.1) is 5.82 Å². The summed E-state index contributed by atoms with van der Waals surface area (Å²) in [6.45, 7) is 3.50. The molecular weight excluding hydrogens is 431 g/mol. The van der Waals surface area contributed by atoms with Crippen molar-refractivity contribution in [3.8, 4) is 5.75 Å². The molecule has 3 rings (SSSR count). The van der Waals surface area contributed by atoms with Crippen LogP contribution in [0.5, 0.6) is 5.75 Å². The SMILES string of the molecule is COc1cccc(CN(CC2CCCO2)C(=O)C(C)SCC(=O)Nc2ccc(F)cc2)c1. The molecule has 6 nitrogen and oxygen atoms in total. The Kier molecular flexibility index (Phi) is 8.93.